The number of nitro benzene ring substituents is 1. The van der Waals surface area contributed by atoms with Crippen LogP contribution in [0.25, 0.3) is 16.3 Å². The van der Waals surface area contributed by atoms with Gasteiger partial charge in [0.05, 0.1) is 16.2 Å². The molecule has 2 aromatic carbocycles. The van der Waals surface area contributed by atoms with Gasteiger partial charge in [0.1, 0.15) is 11.3 Å². The molecule has 0 bridgehead atoms. The number of amides is 1. The normalized spacial score (nSPS) is 11.3. The lowest BCUT2D eigenvalue weighted by Crippen LogP contribution is -2.32. The zero-order valence-corrected chi connectivity index (χ0v) is 16.9. The molecule has 31 heavy (non-hydrogen) atoms. The first-order valence-corrected chi connectivity index (χ1v) is 10.1. The van der Waals surface area contributed by atoms with Gasteiger partial charge < -0.3 is 0 Å². The lowest BCUT2D eigenvalue weighted by atomic mass is 10.2. The molecule has 2 heterocycles. The molecule has 0 unspecified atom stereocenters. The summed E-state index contributed by atoms with van der Waals surface area (Å²) in [6.45, 7) is 0.717. The summed E-state index contributed by atoms with van der Waals surface area (Å²) < 4.78 is 16.4. The molecule has 0 spiro atoms. The van der Waals surface area contributed by atoms with Gasteiger partial charge in [-0.25, -0.2) is 9.37 Å². The Morgan fingerprint density at radius 1 is 1.23 bits per heavy atom. The maximum absolute atomic E-state index is 14.1. The summed E-state index contributed by atoms with van der Waals surface area (Å²) in [5, 5.41) is 15.3. The van der Waals surface area contributed by atoms with E-state index in [0.717, 1.165) is 0 Å². The Bertz CT molecular complexity index is 1250. The smallest absolute Gasteiger partial charge is 0.269 e. The zero-order chi connectivity index (χ0) is 21.8. The first-order valence-electron chi connectivity index (χ1n) is 9.28. The molecule has 0 aliphatic rings. The average Bonchev–Trinajstić information content (AvgIpc) is 3.43. The topological polar surface area (TPSA) is 94.2 Å². The highest BCUT2D eigenvalue weighted by molar-refractivity contribution is 7.22. The lowest BCUT2D eigenvalue weighted by Gasteiger charge is -2.18. The number of non-ortho nitro benzene ring substituents is 1. The molecule has 156 valence electrons. The number of carbonyl (C=O) groups is 1. The van der Waals surface area contributed by atoms with E-state index >= 15 is 0 Å². The molecule has 8 nitrogen and oxygen atoms in total. The van der Waals surface area contributed by atoms with Crippen LogP contribution in [0.5, 0.6) is 0 Å². The summed E-state index contributed by atoms with van der Waals surface area (Å²) in [5.74, 6) is -0.786. The molecule has 4 rings (SSSR count). The van der Waals surface area contributed by atoms with Crippen LogP contribution in [0.2, 0.25) is 0 Å². The van der Waals surface area contributed by atoms with Crippen LogP contribution in [0.4, 0.5) is 15.2 Å². The number of aromatic nitrogens is 3. The molecule has 4 aromatic rings. The van der Waals surface area contributed by atoms with Gasteiger partial charge in [-0.3, -0.25) is 24.5 Å². The Balaban J connectivity index is 1.59. The second-order valence-electron chi connectivity index (χ2n) is 6.52. The van der Waals surface area contributed by atoms with E-state index in [4.69, 9.17) is 0 Å². The molecule has 0 saturated carbocycles. The minimum Gasteiger partial charge on any atom is -0.283 e. The summed E-state index contributed by atoms with van der Waals surface area (Å²) in [6.07, 6.45) is 6.37. The van der Waals surface area contributed by atoms with E-state index in [1.807, 2.05) is 0 Å². The van der Waals surface area contributed by atoms with Crippen LogP contribution in [-0.2, 0) is 11.3 Å². The average molecular weight is 437 g/mol. The van der Waals surface area contributed by atoms with Crippen molar-refractivity contribution in [1.29, 1.82) is 0 Å². The Labute approximate surface area is 180 Å². The Morgan fingerprint density at radius 2 is 2.03 bits per heavy atom. The summed E-state index contributed by atoms with van der Waals surface area (Å²) in [7, 11) is 0. The van der Waals surface area contributed by atoms with Crippen LogP contribution >= 0.6 is 11.3 Å². The molecule has 0 aliphatic carbocycles. The van der Waals surface area contributed by atoms with Crippen molar-refractivity contribution in [3.05, 3.63) is 88.5 Å². The van der Waals surface area contributed by atoms with Crippen LogP contribution in [0.15, 0.2) is 67.0 Å². The lowest BCUT2D eigenvalue weighted by molar-refractivity contribution is -0.384. The van der Waals surface area contributed by atoms with Gasteiger partial charge in [-0.2, -0.15) is 5.10 Å². The van der Waals surface area contributed by atoms with Crippen LogP contribution in [0.1, 0.15) is 5.56 Å². The standard InChI is InChI=1S/C21H16FN5O3S/c22-17-3-1-4-18-20(17)24-21(31-18)26(14-13-25-12-2-11-23-25)19(28)10-7-15-5-8-16(9-6-15)27(29)30/h1-12H,13-14H2/b10-7+. The van der Waals surface area contributed by atoms with Crippen molar-refractivity contribution in [2.24, 2.45) is 0 Å². The van der Waals surface area contributed by atoms with Crippen molar-refractivity contribution in [3.8, 4) is 0 Å². The number of para-hydroxylation sites is 1. The third kappa shape index (κ3) is 4.64. The fraction of sp³-hybridized carbons (Fsp3) is 0.0952. The number of hydrogen-bond acceptors (Lipinski definition) is 6. The van der Waals surface area contributed by atoms with Gasteiger partial charge in [-0.05, 0) is 42.0 Å². The number of nitrogens with zero attached hydrogens (tertiary/aromatic N) is 5. The number of nitro groups is 1. The van der Waals surface area contributed by atoms with Gasteiger partial charge in [0, 0.05) is 37.1 Å². The minimum atomic E-state index is -0.484. The van der Waals surface area contributed by atoms with Gasteiger partial charge >= 0.3 is 0 Å². The molecule has 2 aromatic heterocycles. The van der Waals surface area contributed by atoms with E-state index < -0.39 is 10.7 Å². The second kappa shape index (κ2) is 8.84. The zero-order valence-electron chi connectivity index (χ0n) is 16.1. The van der Waals surface area contributed by atoms with E-state index in [9.17, 15) is 19.3 Å². The number of thiazole rings is 1. The molecule has 10 heteroatoms. The third-order valence-corrected chi connectivity index (χ3v) is 5.53. The maximum Gasteiger partial charge on any atom is 0.269 e. The molecule has 0 N–H and O–H groups in total. The van der Waals surface area contributed by atoms with Gasteiger partial charge in [0.2, 0.25) is 0 Å². The molecular weight excluding hydrogens is 421 g/mol. The fourth-order valence-electron chi connectivity index (χ4n) is 2.92. The summed E-state index contributed by atoms with van der Waals surface area (Å²) in [4.78, 5) is 29.1. The summed E-state index contributed by atoms with van der Waals surface area (Å²) in [6, 6.07) is 12.3. The van der Waals surface area contributed by atoms with Crippen molar-refractivity contribution in [2.75, 3.05) is 11.4 Å². The highest BCUT2D eigenvalue weighted by Gasteiger charge is 2.19. The maximum atomic E-state index is 14.1. The summed E-state index contributed by atoms with van der Waals surface area (Å²) in [5.41, 5.74) is 0.834. The van der Waals surface area contributed by atoms with Gasteiger partial charge in [-0.1, -0.05) is 17.4 Å². The Morgan fingerprint density at radius 3 is 2.71 bits per heavy atom. The Hall–Kier alpha value is -3.92. The molecule has 1 amide bonds. The number of carbonyl (C=O) groups excluding carboxylic acids is 1. The van der Waals surface area contributed by atoms with E-state index in [2.05, 4.69) is 10.1 Å². The molecule has 0 fully saturated rings. The quantitative estimate of drug-likeness (QED) is 0.244. The Kier molecular flexibility index (Phi) is 5.80. The molecule has 0 radical (unpaired) electrons. The predicted molar refractivity (Wildman–Crippen MR) is 116 cm³/mol. The van der Waals surface area contributed by atoms with E-state index in [-0.39, 0.29) is 23.7 Å². The van der Waals surface area contributed by atoms with Crippen molar-refractivity contribution < 1.29 is 14.1 Å². The number of anilines is 1. The van der Waals surface area contributed by atoms with Crippen molar-refractivity contribution in [3.63, 3.8) is 0 Å². The van der Waals surface area contributed by atoms with Gasteiger partial charge in [0.25, 0.3) is 11.6 Å². The number of hydrogen-bond donors (Lipinski definition) is 0. The number of rotatable bonds is 7. The summed E-state index contributed by atoms with van der Waals surface area (Å²) >= 11 is 1.23. The SMILES string of the molecule is O=C(/C=C/c1ccc([N+](=O)[O-])cc1)N(CCn1cccn1)c1nc2c(F)cccc2s1. The number of fused-ring (bicyclic) bond motifs is 1. The molecular formula is C21H16FN5O3S. The number of benzene rings is 2. The number of halogens is 1. The monoisotopic (exact) mass is 437 g/mol. The van der Waals surface area contributed by atoms with Crippen molar-refractivity contribution in [1.82, 2.24) is 14.8 Å². The molecule has 0 atom stereocenters. The first kappa shape index (κ1) is 20.4. The minimum absolute atomic E-state index is 0.0270. The predicted octanol–water partition coefficient (Wildman–Crippen LogP) is 4.29. The van der Waals surface area contributed by atoms with Crippen LogP contribution < -0.4 is 4.90 Å². The highest BCUT2D eigenvalue weighted by Crippen LogP contribution is 2.30. The highest BCUT2D eigenvalue weighted by atomic mass is 32.1. The first-order chi connectivity index (χ1) is 15.0. The van der Waals surface area contributed by atoms with Crippen LogP contribution in [0, 0.1) is 15.9 Å². The van der Waals surface area contributed by atoms with Crippen LogP contribution in [-0.4, -0.2) is 32.1 Å². The van der Waals surface area contributed by atoms with E-state index in [0.29, 0.717) is 21.9 Å². The second-order valence-corrected chi connectivity index (χ2v) is 7.53. The van der Waals surface area contributed by atoms with Crippen LogP contribution in [0.3, 0.4) is 0 Å². The van der Waals surface area contributed by atoms with Gasteiger partial charge in [-0.15, -0.1) is 0 Å². The fourth-order valence-corrected chi connectivity index (χ4v) is 3.93. The third-order valence-electron chi connectivity index (χ3n) is 4.49. The van der Waals surface area contributed by atoms with E-state index in [1.165, 1.54) is 40.5 Å². The van der Waals surface area contributed by atoms with Crippen molar-refractivity contribution >= 4 is 44.4 Å². The molecule has 0 saturated heterocycles. The van der Waals surface area contributed by atoms with Crippen molar-refractivity contribution in [2.45, 2.75) is 6.54 Å². The van der Waals surface area contributed by atoms with Gasteiger partial charge in [0.15, 0.2) is 5.13 Å². The largest absolute Gasteiger partial charge is 0.283 e. The van der Waals surface area contributed by atoms with E-state index in [1.54, 1.807) is 53.5 Å². The molecule has 0 aliphatic heterocycles.